The summed E-state index contributed by atoms with van der Waals surface area (Å²) < 4.78 is 44.5. The first-order valence-electron chi connectivity index (χ1n) is 6.14. The van der Waals surface area contributed by atoms with Crippen LogP contribution in [-0.2, 0) is 0 Å². The van der Waals surface area contributed by atoms with E-state index in [0.29, 0.717) is 5.75 Å². The molecule has 0 aliphatic carbocycles. The van der Waals surface area contributed by atoms with Crippen molar-refractivity contribution < 1.29 is 17.9 Å². The molecule has 0 saturated carbocycles. The highest BCUT2D eigenvalue weighted by molar-refractivity contribution is 8.02. The number of hydrogen-bond donors (Lipinski definition) is 0. The highest BCUT2D eigenvalue weighted by Crippen LogP contribution is 2.37. The van der Waals surface area contributed by atoms with Gasteiger partial charge in [0.1, 0.15) is 5.75 Å². The highest BCUT2D eigenvalue weighted by atomic mass is 32.2. The molecular weight excluding hydrogens is 297 g/mol. The summed E-state index contributed by atoms with van der Waals surface area (Å²) in [6.45, 7) is 0. The summed E-state index contributed by atoms with van der Waals surface area (Å²) in [5.74, 6) is 0.524. The highest BCUT2D eigenvalue weighted by Gasteiger charge is 2.34. The number of ether oxygens (including phenoxy) is 1. The molecule has 0 aromatic heterocycles. The van der Waals surface area contributed by atoms with E-state index in [1.54, 1.807) is 24.3 Å². The Kier molecular flexibility index (Phi) is 4.96. The Morgan fingerprint density at radius 2 is 1.62 bits per heavy atom. The molecule has 0 atom stereocenters. The van der Waals surface area contributed by atoms with Crippen molar-refractivity contribution in [3.05, 3.63) is 65.6 Å². The summed E-state index contributed by atoms with van der Waals surface area (Å²) in [4.78, 5) is 0.757. The van der Waals surface area contributed by atoms with Gasteiger partial charge in [0.25, 0.3) is 0 Å². The molecular formula is C16H13F3OS. The summed E-state index contributed by atoms with van der Waals surface area (Å²) in [6, 6.07) is 14.8. The second-order valence-corrected chi connectivity index (χ2v) is 5.13. The molecule has 0 unspecified atom stereocenters. The number of rotatable bonds is 4. The molecule has 0 saturated heterocycles. The average molecular weight is 310 g/mol. The molecule has 5 heteroatoms. The number of allylic oxidation sites excluding steroid dienone is 1. The van der Waals surface area contributed by atoms with E-state index in [1.165, 1.54) is 31.4 Å². The molecule has 0 bridgehead atoms. The average Bonchev–Trinajstić information content (AvgIpc) is 2.48. The normalized spacial score (nSPS) is 12.3. The summed E-state index contributed by atoms with van der Waals surface area (Å²) in [5, 5.41) is 1.14. The number of benzene rings is 2. The second-order valence-electron chi connectivity index (χ2n) is 4.19. The van der Waals surface area contributed by atoms with Crippen molar-refractivity contribution in [2.45, 2.75) is 11.1 Å². The van der Waals surface area contributed by atoms with Gasteiger partial charge in [-0.15, -0.1) is 0 Å². The fraction of sp³-hybridized carbons (Fsp3) is 0.125. The van der Waals surface area contributed by atoms with Crippen LogP contribution >= 0.6 is 11.8 Å². The van der Waals surface area contributed by atoms with E-state index in [1.807, 2.05) is 6.07 Å². The Balaban J connectivity index is 2.30. The Bertz CT molecular complexity index is 604. The Morgan fingerprint density at radius 3 is 2.14 bits per heavy atom. The maximum absolute atomic E-state index is 13.2. The van der Waals surface area contributed by atoms with Gasteiger partial charge in [0.15, 0.2) is 0 Å². The van der Waals surface area contributed by atoms with Crippen molar-refractivity contribution in [3.8, 4) is 5.75 Å². The Morgan fingerprint density at radius 1 is 1.00 bits per heavy atom. The molecule has 0 N–H and O–H groups in total. The van der Waals surface area contributed by atoms with Crippen molar-refractivity contribution in [3.63, 3.8) is 0 Å². The van der Waals surface area contributed by atoms with Gasteiger partial charge in [-0.1, -0.05) is 42.1 Å². The molecule has 21 heavy (non-hydrogen) atoms. The predicted molar refractivity (Wildman–Crippen MR) is 79.3 cm³/mol. The lowest BCUT2D eigenvalue weighted by molar-refractivity contribution is -0.0687. The fourth-order valence-electron chi connectivity index (χ4n) is 1.70. The van der Waals surface area contributed by atoms with Gasteiger partial charge in [0, 0.05) is 4.90 Å². The van der Waals surface area contributed by atoms with Crippen LogP contribution in [0.2, 0.25) is 0 Å². The Hall–Kier alpha value is -1.88. The Labute approximate surface area is 125 Å². The first-order chi connectivity index (χ1) is 10.0. The molecule has 2 rings (SSSR count). The van der Waals surface area contributed by atoms with E-state index in [0.717, 1.165) is 22.1 Å². The lowest BCUT2D eigenvalue weighted by Gasteiger charge is -2.12. The van der Waals surface area contributed by atoms with Crippen molar-refractivity contribution in [1.29, 1.82) is 0 Å². The van der Waals surface area contributed by atoms with Gasteiger partial charge >= 0.3 is 6.18 Å². The summed E-state index contributed by atoms with van der Waals surface area (Å²) in [5.41, 5.74) is -0.550. The number of alkyl halides is 3. The van der Waals surface area contributed by atoms with E-state index in [9.17, 15) is 13.2 Å². The molecule has 0 fully saturated rings. The first-order valence-corrected chi connectivity index (χ1v) is 7.02. The van der Waals surface area contributed by atoms with Crippen molar-refractivity contribution in [2.24, 2.45) is 0 Å². The molecule has 0 aliphatic heterocycles. The van der Waals surface area contributed by atoms with Crippen LogP contribution < -0.4 is 4.74 Å². The zero-order valence-corrected chi connectivity index (χ0v) is 12.0. The maximum atomic E-state index is 13.2. The molecule has 0 spiro atoms. The third kappa shape index (κ3) is 4.29. The number of thioether (sulfide) groups is 1. The molecule has 2 aromatic rings. The minimum absolute atomic E-state index is 0.117. The van der Waals surface area contributed by atoms with E-state index >= 15 is 0 Å². The van der Waals surface area contributed by atoms with Crippen LogP contribution in [0.5, 0.6) is 5.75 Å². The third-order valence-electron chi connectivity index (χ3n) is 2.76. The van der Waals surface area contributed by atoms with Gasteiger partial charge in [-0.3, -0.25) is 0 Å². The standard InChI is InChI=1S/C16H13F3OS/c1-20-13-9-7-12(8-10-13)15(16(17,18)19)11-21-14-5-3-2-4-6-14/h2-11H,1H3/b15-11+. The van der Waals surface area contributed by atoms with Gasteiger partial charge < -0.3 is 4.74 Å². The molecule has 0 radical (unpaired) electrons. The van der Waals surface area contributed by atoms with Gasteiger partial charge in [-0.25, -0.2) is 0 Å². The minimum atomic E-state index is -4.41. The monoisotopic (exact) mass is 310 g/mol. The van der Waals surface area contributed by atoms with Gasteiger partial charge in [0.05, 0.1) is 12.7 Å². The molecule has 2 aromatic carbocycles. The predicted octanol–water partition coefficient (Wildman–Crippen LogP) is 5.39. The first kappa shape index (κ1) is 15.5. The van der Waals surface area contributed by atoms with Gasteiger partial charge in [0.2, 0.25) is 0 Å². The number of methoxy groups -OCH3 is 1. The summed E-state index contributed by atoms with van der Waals surface area (Å²) in [6.07, 6.45) is -4.41. The molecule has 1 nitrogen and oxygen atoms in total. The molecule has 0 amide bonds. The van der Waals surface area contributed by atoms with Crippen LogP contribution in [0.1, 0.15) is 5.56 Å². The number of halogens is 3. The van der Waals surface area contributed by atoms with E-state index in [4.69, 9.17) is 4.74 Å². The van der Waals surface area contributed by atoms with Crippen LogP contribution in [0.15, 0.2) is 64.9 Å². The van der Waals surface area contributed by atoms with Crippen LogP contribution in [-0.4, -0.2) is 13.3 Å². The second kappa shape index (κ2) is 6.72. The zero-order chi connectivity index (χ0) is 15.3. The molecule has 0 aliphatic rings. The van der Waals surface area contributed by atoms with Crippen LogP contribution in [0.3, 0.4) is 0 Å². The molecule has 110 valence electrons. The smallest absolute Gasteiger partial charge is 0.417 e. The van der Waals surface area contributed by atoms with Crippen molar-refractivity contribution in [2.75, 3.05) is 7.11 Å². The van der Waals surface area contributed by atoms with Crippen LogP contribution in [0, 0.1) is 0 Å². The van der Waals surface area contributed by atoms with Gasteiger partial charge in [-0.05, 0) is 35.2 Å². The zero-order valence-electron chi connectivity index (χ0n) is 11.2. The van der Waals surface area contributed by atoms with Gasteiger partial charge in [-0.2, -0.15) is 13.2 Å². The summed E-state index contributed by atoms with van der Waals surface area (Å²) in [7, 11) is 1.47. The van der Waals surface area contributed by atoms with E-state index in [2.05, 4.69) is 0 Å². The quantitative estimate of drug-likeness (QED) is 0.700. The minimum Gasteiger partial charge on any atom is -0.497 e. The maximum Gasteiger partial charge on any atom is 0.417 e. The molecule has 0 heterocycles. The lowest BCUT2D eigenvalue weighted by Crippen LogP contribution is -2.10. The fourth-order valence-corrected chi connectivity index (χ4v) is 2.53. The van der Waals surface area contributed by atoms with E-state index in [-0.39, 0.29) is 5.56 Å². The summed E-state index contributed by atoms with van der Waals surface area (Å²) >= 11 is 1.05. The van der Waals surface area contributed by atoms with Crippen LogP contribution in [0.25, 0.3) is 5.57 Å². The largest absolute Gasteiger partial charge is 0.497 e. The lowest BCUT2D eigenvalue weighted by atomic mass is 10.1. The van der Waals surface area contributed by atoms with Crippen LogP contribution in [0.4, 0.5) is 13.2 Å². The SMILES string of the molecule is COc1ccc(/C(=C\Sc2ccccc2)C(F)(F)F)cc1. The third-order valence-corrected chi connectivity index (χ3v) is 3.66. The number of hydrogen-bond acceptors (Lipinski definition) is 2. The van der Waals surface area contributed by atoms with E-state index < -0.39 is 11.7 Å². The van der Waals surface area contributed by atoms with Crippen molar-refractivity contribution >= 4 is 17.3 Å². The van der Waals surface area contributed by atoms with Crippen molar-refractivity contribution in [1.82, 2.24) is 0 Å². The topological polar surface area (TPSA) is 9.23 Å².